The van der Waals surface area contributed by atoms with Gasteiger partial charge in [-0.1, -0.05) is 30.3 Å². The highest BCUT2D eigenvalue weighted by Gasteiger charge is 2.10. The van der Waals surface area contributed by atoms with E-state index in [2.05, 4.69) is 15.7 Å². The molecule has 0 aliphatic rings. The van der Waals surface area contributed by atoms with Gasteiger partial charge in [-0.05, 0) is 5.56 Å². The molecular weight excluding hydrogens is 260 g/mol. The first-order chi connectivity index (χ1) is 9.56. The van der Waals surface area contributed by atoms with E-state index < -0.39 is 18.5 Å². The summed E-state index contributed by atoms with van der Waals surface area (Å²) in [6, 6.07) is 10.7. The molecule has 1 aromatic carbocycles. The summed E-state index contributed by atoms with van der Waals surface area (Å²) in [7, 11) is 1.77. The van der Waals surface area contributed by atoms with E-state index in [0.717, 1.165) is 11.3 Å². The predicted molar refractivity (Wildman–Crippen MR) is 73.3 cm³/mol. The molecule has 0 saturated carbocycles. The quantitative estimate of drug-likeness (QED) is 0.782. The fraction of sp³-hybridized carbons (Fsp3) is 0.154. The van der Waals surface area contributed by atoms with E-state index in [0.29, 0.717) is 5.82 Å². The van der Waals surface area contributed by atoms with Gasteiger partial charge in [-0.2, -0.15) is 5.10 Å². The van der Waals surface area contributed by atoms with Crippen LogP contribution >= 0.6 is 0 Å². The number of rotatable bonds is 4. The fourth-order valence-corrected chi connectivity index (χ4v) is 1.72. The number of aliphatic carboxylic acids is 1. The van der Waals surface area contributed by atoms with Gasteiger partial charge in [0.1, 0.15) is 6.54 Å². The molecule has 7 heteroatoms. The Morgan fingerprint density at radius 3 is 2.65 bits per heavy atom. The number of carboxylic acids is 1. The minimum absolute atomic E-state index is 0.356. The van der Waals surface area contributed by atoms with Crippen LogP contribution in [0.4, 0.5) is 10.6 Å². The zero-order valence-electron chi connectivity index (χ0n) is 10.8. The number of urea groups is 1. The Morgan fingerprint density at radius 2 is 2.00 bits per heavy atom. The first-order valence-electron chi connectivity index (χ1n) is 5.92. The Balaban J connectivity index is 2.08. The second-order valence-electron chi connectivity index (χ2n) is 4.11. The van der Waals surface area contributed by atoms with Crippen LogP contribution in [0.2, 0.25) is 0 Å². The number of amides is 2. The van der Waals surface area contributed by atoms with Crippen molar-refractivity contribution < 1.29 is 14.7 Å². The van der Waals surface area contributed by atoms with Crippen molar-refractivity contribution in [2.75, 3.05) is 11.9 Å². The predicted octanol–water partition coefficient (Wildman–Crippen LogP) is 1.29. The maximum absolute atomic E-state index is 11.4. The first-order valence-corrected chi connectivity index (χ1v) is 5.92. The molecule has 1 aromatic heterocycles. The van der Waals surface area contributed by atoms with Gasteiger partial charge in [0.05, 0.1) is 5.69 Å². The number of hydrogen-bond acceptors (Lipinski definition) is 3. The molecule has 0 bridgehead atoms. The second kappa shape index (κ2) is 5.87. The summed E-state index contributed by atoms with van der Waals surface area (Å²) in [5.41, 5.74) is 1.82. The minimum Gasteiger partial charge on any atom is -0.480 e. The Labute approximate surface area is 115 Å². The molecule has 3 N–H and O–H groups in total. The van der Waals surface area contributed by atoms with E-state index in [1.165, 1.54) is 0 Å². The Kier molecular flexibility index (Phi) is 3.99. The van der Waals surface area contributed by atoms with Crippen LogP contribution in [-0.4, -0.2) is 33.4 Å². The van der Waals surface area contributed by atoms with Crippen LogP contribution in [0.15, 0.2) is 36.4 Å². The molecule has 1 heterocycles. The van der Waals surface area contributed by atoms with Gasteiger partial charge >= 0.3 is 12.0 Å². The average molecular weight is 274 g/mol. The average Bonchev–Trinajstić information content (AvgIpc) is 2.78. The molecule has 2 aromatic rings. The van der Waals surface area contributed by atoms with Gasteiger partial charge in [-0.15, -0.1) is 0 Å². The van der Waals surface area contributed by atoms with E-state index in [1.54, 1.807) is 17.8 Å². The van der Waals surface area contributed by atoms with Crippen molar-refractivity contribution in [3.05, 3.63) is 36.4 Å². The summed E-state index contributed by atoms with van der Waals surface area (Å²) in [5.74, 6) is -0.750. The number of carbonyl (C=O) groups excluding carboxylic acids is 1. The lowest BCUT2D eigenvalue weighted by Gasteiger charge is -2.01. The third kappa shape index (κ3) is 3.35. The molecule has 0 atom stereocenters. The van der Waals surface area contributed by atoms with Crippen molar-refractivity contribution in [3.63, 3.8) is 0 Å². The van der Waals surface area contributed by atoms with Gasteiger partial charge in [0.2, 0.25) is 0 Å². The normalized spacial score (nSPS) is 10.1. The van der Waals surface area contributed by atoms with Crippen molar-refractivity contribution in [2.45, 2.75) is 0 Å². The first kappa shape index (κ1) is 13.6. The van der Waals surface area contributed by atoms with Gasteiger partial charge in [-0.3, -0.25) is 14.8 Å². The summed E-state index contributed by atoms with van der Waals surface area (Å²) >= 11 is 0. The highest BCUT2D eigenvalue weighted by molar-refractivity contribution is 5.90. The smallest absolute Gasteiger partial charge is 0.323 e. The van der Waals surface area contributed by atoms with Gasteiger partial charge in [0.15, 0.2) is 5.82 Å². The minimum atomic E-state index is -1.11. The highest BCUT2D eigenvalue weighted by Crippen LogP contribution is 2.21. The monoisotopic (exact) mass is 274 g/mol. The van der Waals surface area contributed by atoms with E-state index in [-0.39, 0.29) is 0 Å². The number of nitrogens with zero attached hydrogens (tertiary/aromatic N) is 2. The largest absolute Gasteiger partial charge is 0.480 e. The van der Waals surface area contributed by atoms with Crippen molar-refractivity contribution in [3.8, 4) is 11.3 Å². The summed E-state index contributed by atoms with van der Waals surface area (Å²) < 4.78 is 1.64. The van der Waals surface area contributed by atoms with Crippen molar-refractivity contribution in [2.24, 2.45) is 7.05 Å². The molecule has 2 amide bonds. The van der Waals surface area contributed by atoms with Crippen LogP contribution in [0.5, 0.6) is 0 Å². The molecule has 0 saturated heterocycles. The van der Waals surface area contributed by atoms with Crippen LogP contribution in [-0.2, 0) is 11.8 Å². The molecule has 20 heavy (non-hydrogen) atoms. The highest BCUT2D eigenvalue weighted by atomic mass is 16.4. The molecule has 104 valence electrons. The molecule has 0 unspecified atom stereocenters. The van der Waals surface area contributed by atoms with Gasteiger partial charge in [0, 0.05) is 13.1 Å². The molecule has 7 nitrogen and oxygen atoms in total. The van der Waals surface area contributed by atoms with Crippen LogP contribution in [0.3, 0.4) is 0 Å². The molecule has 0 aliphatic heterocycles. The zero-order chi connectivity index (χ0) is 14.5. The fourth-order valence-electron chi connectivity index (χ4n) is 1.72. The van der Waals surface area contributed by atoms with Crippen molar-refractivity contribution >= 4 is 17.8 Å². The van der Waals surface area contributed by atoms with E-state index in [1.807, 2.05) is 30.3 Å². The van der Waals surface area contributed by atoms with Crippen molar-refractivity contribution in [1.29, 1.82) is 0 Å². The summed E-state index contributed by atoms with van der Waals surface area (Å²) in [4.78, 5) is 21.8. The lowest BCUT2D eigenvalue weighted by atomic mass is 10.1. The standard InChI is InChI=1S/C13H14N4O3/c1-17-10(9-5-3-2-4-6-9)7-11(16-17)15-13(20)14-8-12(18)19/h2-7H,8H2,1H3,(H,18,19)(H2,14,15,16,20). The van der Waals surface area contributed by atoms with Crippen LogP contribution in [0.1, 0.15) is 0 Å². The molecule has 0 aliphatic carbocycles. The SMILES string of the molecule is Cn1nc(NC(=O)NCC(=O)O)cc1-c1ccccc1. The van der Waals surface area contributed by atoms with E-state index >= 15 is 0 Å². The molecule has 0 fully saturated rings. The maximum Gasteiger partial charge on any atom is 0.323 e. The number of carbonyl (C=O) groups is 2. The maximum atomic E-state index is 11.4. The van der Waals surface area contributed by atoms with Gasteiger partial charge in [-0.25, -0.2) is 4.79 Å². The second-order valence-corrected chi connectivity index (χ2v) is 4.11. The number of aryl methyl sites for hydroxylation is 1. The third-order valence-electron chi connectivity index (χ3n) is 2.59. The third-order valence-corrected chi connectivity index (χ3v) is 2.59. The number of anilines is 1. The summed E-state index contributed by atoms with van der Waals surface area (Å²) in [6.07, 6.45) is 0. The zero-order valence-corrected chi connectivity index (χ0v) is 10.8. The molecular formula is C13H14N4O3. The Hall–Kier alpha value is -2.83. The molecule has 2 rings (SSSR count). The topological polar surface area (TPSA) is 96.3 Å². The van der Waals surface area contributed by atoms with E-state index in [4.69, 9.17) is 5.11 Å². The van der Waals surface area contributed by atoms with Crippen LogP contribution < -0.4 is 10.6 Å². The number of benzene rings is 1. The Bertz CT molecular complexity index is 622. The van der Waals surface area contributed by atoms with Gasteiger partial charge in [0.25, 0.3) is 0 Å². The lowest BCUT2D eigenvalue weighted by Crippen LogP contribution is -2.33. The summed E-state index contributed by atoms with van der Waals surface area (Å²) in [6.45, 7) is -0.440. The number of aromatic nitrogens is 2. The van der Waals surface area contributed by atoms with Crippen LogP contribution in [0.25, 0.3) is 11.3 Å². The molecule has 0 spiro atoms. The molecule has 0 radical (unpaired) electrons. The van der Waals surface area contributed by atoms with Gasteiger partial charge < -0.3 is 10.4 Å². The number of hydrogen-bond donors (Lipinski definition) is 3. The number of carboxylic acid groups (broad SMARTS) is 1. The summed E-state index contributed by atoms with van der Waals surface area (Å²) in [5, 5.41) is 17.3. The number of nitrogens with one attached hydrogen (secondary N) is 2. The van der Waals surface area contributed by atoms with Crippen molar-refractivity contribution in [1.82, 2.24) is 15.1 Å². The lowest BCUT2D eigenvalue weighted by molar-refractivity contribution is -0.135. The van der Waals surface area contributed by atoms with Crippen LogP contribution in [0, 0.1) is 0 Å². The Morgan fingerprint density at radius 1 is 1.30 bits per heavy atom. The van der Waals surface area contributed by atoms with E-state index in [9.17, 15) is 9.59 Å².